The second-order valence-corrected chi connectivity index (χ2v) is 5.65. The molecule has 0 spiro atoms. The fourth-order valence-electron chi connectivity index (χ4n) is 2.06. The van der Waals surface area contributed by atoms with Gasteiger partial charge in [-0.05, 0) is 12.1 Å². The summed E-state index contributed by atoms with van der Waals surface area (Å²) in [7, 11) is 1.59. The van der Waals surface area contributed by atoms with Crippen LogP contribution in [0, 0.1) is 11.5 Å². The number of aliphatic imine (C=N–C) groups is 2. The van der Waals surface area contributed by atoms with Gasteiger partial charge in [0.05, 0.1) is 12.3 Å². The highest BCUT2D eigenvalue weighted by Gasteiger charge is 2.13. The topological polar surface area (TPSA) is 152 Å². The zero-order valence-electron chi connectivity index (χ0n) is 13.6. The molecule has 2 rings (SSSR count). The van der Waals surface area contributed by atoms with E-state index in [2.05, 4.69) is 15.0 Å². The minimum Gasteiger partial charge on any atom is -0.383 e. The Labute approximate surface area is 149 Å². The van der Waals surface area contributed by atoms with Gasteiger partial charge in [-0.2, -0.15) is 10.3 Å². The van der Waals surface area contributed by atoms with E-state index in [0.29, 0.717) is 18.3 Å². The highest BCUT2D eigenvalue weighted by molar-refractivity contribution is 7.13. The zero-order chi connectivity index (χ0) is 18.2. The summed E-state index contributed by atoms with van der Waals surface area (Å²) in [6.07, 6.45) is 1.69. The number of ether oxygens (including phenoxy) is 1. The van der Waals surface area contributed by atoms with E-state index >= 15 is 0 Å². The van der Waals surface area contributed by atoms with E-state index in [1.54, 1.807) is 18.2 Å². The maximum Gasteiger partial charge on any atom is 0.212 e. The summed E-state index contributed by atoms with van der Waals surface area (Å²) in [6, 6.07) is 7.53. The number of nitrogens with two attached hydrogens (primary N) is 3. The van der Waals surface area contributed by atoms with Gasteiger partial charge in [0.2, 0.25) is 17.3 Å². The summed E-state index contributed by atoms with van der Waals surface area (Å²) in [4.78, 5) is 13.6. The Morgan fingerprint density at radius 2 is 2.20 bits per heavy atom. The molecule has 0 unspecified atom stereocenters. The minimum absolute atomic E-state index is 0.0409. The van der Waals surface area contributed by atoms with Gasteiger partial charge in [-0.15, -0.1) is 16.3 Å². The van der Waals surface area contributed by atoms with Gasteiger partial charge in [-0.3, -0.25) is 0 Å². The molecule has 1 aromatic heterocycles. The number of methoxy groups -OCH3 is 1. The van der Waals surface area contributed by atoms with Crippen LogP contribution in [0.25, 0.3) is 11.3 Å². The van der Waals surface area contributed by atoms with Crippen LogP contribution in [0.2, 0.25) is 0 Å². The molecular formula is C15H18N8OS. The summed E-state index contributed by atoms with van der Waals surface area (Å²) >= 11 is 1.33. The first-order chi connectivity index (χ1) is 12.0. The Morgan fingerprint density at radius 1 is 1.40 bits per heavy atom. The number of rotatable bonds is 6. The zero-order valence-corrected chi connectivity index (χ0v) is 14.4. The molecule has 10 heteroatoms. The molecule has 2 aromatic rings. The third-order valence-electron chi connectivity index (χ3n) is 3.13. The van der Waals surface area contributed by atoms with Gasteiger partial charge in [0.15, 0.2) is 5.96 Å². The summed E-state index contributed by atoms with van der Waals surface area (Å²) < 4.78 is 5.09. The van der Waals surface area contributed by atoms with Gasteiger partial charge >= 0.3 is 0 Å². The number of hydrogen-bond acceptors (Lipinski definition) is 6. The van der Waals surface area contributed by atoms with E-state index in [9.17, 15) is 0 Å². The normalized spacial score (nSPS) is 11.0. The van der Waals surface area contributed by atoms with Crippen LogP contribution in [0.4, 0.5) is 10.8 Å². The van der Waals surface area contributed by atoms with Crippen molar-refractivity contribution < 1.29 is 4.74 Å². The molecule has 0 saturated heterocycles. The number of benzene rings is 1. The molecule has 0 aliphatic rings. The molecule has 25 heavy (non-hydrogen) atoms. The van der Waals surface area contributed by atoms with Gasteiger partial charge in [-0.1, -0.05) is 12.1 Å². The molecule has 130 valence electrons. The van der Waals surface area contributed by atoms with Crippen molar-refractivity contribution in [1.29, 1.82) is 5.26 Å². The minimum atomic E-state index is -0.0409. The molecule has 0 amide bonds. The maximum absolute atomic E-state index is 8.75. The lowest BCUT2D eigenvalue weighted by atomic mass is 10.1. The predicted octanol–water partition coefficient (Wildman–Crippen LogP) is 0.964. The van der Waals surface area contributed by atoms with Crippen molar-refractivity contribution in [2.45, 2.75) is 0 Å². The van der Waals surface area contributed by atoms with Crippen LogP contribution in [0.3, 0.4) is 0 Å². The second-order valence-electron chi connectivity index (χ2n) is 4.82. The quantitative estimate of drug-likeness (QED) is 0.395. The average molecular weight is 358 g/mol. The molecule has 0 fully saturated rings. The molecule has 0 bridgehead atoms. The Bertz CT molecular complexity index is 819. The Kier molecular flexibility index (Phi) is 6.27. The van der Waals surface area contributed by atoms with Gasteiger partial charge in [0.25, 0.3) is 0 Å². The molecule has 0 saturated carbocycles. The predicted molar refractivity (Wildman–Crippen MR) is 99.5 cm³/mol. The second kappa shape index (κ2) is 8.62. The Morgan fingerprint density at radius 3 is 2.88 bits per heavy atom. The third-order valence-corrected chi connectivity index (χ3v) is 3.87. The average Bonchev–Trinajstić information content (AvgIpc) is 3.03. The van der Waals surface area contributed by atoms with Crippen LogP contribution in [-0.2, 0) is 4.74 Å². The highest BCUT2D eigenvalue weighted by Crippen LogP contribution is 2.29. The van der Waals surface area contributed by atoms with E-state index in [-0.39, 0.29) is 11.9 Å². The van der Waals surface area contributed by atoms with Crippen LogP contribution in [0.15, 0.2) is 39.6 Å². The van der Waals surface area contributed by atoms with Crippen molar-refractivity contribution in [3.05, 3.63) is 29.6 Å². The lowest BCUT2D eigenvalue weighted by Gasteiger charge is -2.23. The van der Waals surface area contributed by atoms with Gasteiger partial charge in [0.1, 0.15) is 0 Å². The first-order valence-corrected chi connectivity index (χ1v) is 8.07. The lowest BCUT2D eigenvalue weighted by molar-refractivity contribution is 0.208. The number of thiazole rings is 1. The number of aromatic nitrogens is 1. The van der Waals surface area contributed by atoms with Crippen LogP contribution >= 0.6 is 11.3 Å². The van der Waals surface area contributed by atoms with E-state index in [0.717, 1.165) is 16.9 Å². The van der Waals surface area contributed by atoms with E-state index in [1.165, 1.54) is 11.3 Å². The first kappa shape index (κ1) is 18.2. The molecule has 0 aliphatic heterocycles. The molecule has 1 heterocycles. The molecule has 9 nitrogen and oxygen atoms in total. The van der Waals surface area contributed by atoms with E-state index in [1.807, 2.05) is 29.6 Å². The molecule has 1 aromatic carbocycles. The standard InChI is InChI=1S/C15H18N8OS/c1-24-6-5-23(14(19)20-9-16)11-4-2-3-10(7-11)12-8-25-15(21-12)22-13(17)18/h2-4,7-8H,5-6H2,1H3,(H2,19,20)(H4,17,18,21,22). The number of anilines is 1. The Balaban J connectivity index is 2.35. The van der Waals surface area contributed by atoms with Crippen LogP contribution in [0.1, 0.15) is 0 Å². The fraction of sp³-hybridized carbons (Fsp3) is 0.200. The Hall–Kier alpha value is -3.16. The number of hydrogen-bond donors (Lipinski definition) is 3. The number of nitrogens with zero attached hydrogens (tertiary/aromatic N) is 5. The van der Waals surface area contributed by atoms with Crippen molar-refractivity contribution in [1.82, 2.24) is 4.98 Å². The van der Waals surface area contributed by atoms with Gasteiger partial charge < -0.3 is 26.8 Å². The summed E-state index contributed by atoms with van der Waals surface area (Å²) in [6.45, 7) is 0.879. The molecule has 0 radical (unpaired) electrons. The van der Waals surface area contributed by atoms with Crippen molar-refractivity contribution in [3.8, 4) is 17.5 Å². The monoisotopic (exact) mass is 358 g/mol. The van der Waals surface area contributed by atoms with Crippen molar-refractivity contribution in [2.24, 2.45) is 27.2 Å². The van der Waals surface area contributed by atoms with E-state index in [4.69, 9.17) is 27.2 Å². The maximum atomic E-state index is 8.75. The summed E-state index contributed by atoms with van der Waals surface area (Å²) in [5.41, 5.74) is 19.0. The lowest BCUT2D eigenvalue weighted by Crippen LogP contribution is -2.39. The SMILES string of the molecule is COCCN(C(N)=NC#N)c1cccc(-c2csc(N=C(N)N)n2)c1. The van der Waals surface area contributed by atoms with Gasteiger partial charge in [-0.25, -0.2) is 4.98 Å². The van der Waals surface area contributed by atoms with Crippen LogP contribution in [0.5, 0.6) is 0 Å². The van der Waals surface area contributed by atoms with Crippen LogP contribution in [-0.4, -0.2) is 37.2 Å². The number of nitriles is 1. The molecular weight excluding hydrogens is 340 g/mol. The highest BCUT2D eigenvalue weighted by atomic mass is 32.1. The van der Waals surface area contributed by atoms with E-state index < -0.39 is 0 Å². The van der Waals surface area contributed by atoms with Crippen LogP contribution < -0.4 is 22.1 Å². The molecule has 0 aliphatic carbocycles. The number of guanidine groups is 2. The summed E-state index contributed by atoms with van der Waals surface area (Å²) in [5.74, 6) is 0.0528. The van der Waals surface area contributed by atoms with Crippen molar-refractivity contribution >= 4 is 34.1 Å². The largest absolute Gasteiger partial charge is 0.383 e. The molecule has 6 N–H and O–H groups in total. The first-order valence-electron chi connectivity index (χ1n) is 7.19. The van der Waals surface area contributed by atoms with Crippen molar-refractivity contribution in [2.75, 3.05) is 25.2 Å². The molecule has 0 atom stereocenters. The fourth-order valence-corrected chi connectivity index (χ4v) is 2.78. The van der Waals surface area contributed by atoms with Gasteiger partial charge in [0, 0.05) is 30.3 Å². The smallest absolute Gasteiger partial charge is 0.212 e. The summed E-state index contributed by atoms with van der Waals surface area (Å²) in [5, 5.41) is 11.1. The van der Waals surface area contributed by atoms with Crippen molar-refractivity contribution in [3.63, 3.8) is 0 Å². The third kappa shape index (κ3) is 4.90.